The molecule has 0 aliphatic carbocycles. The van der Waals surface area contributed by atoms with Crippen LogP contribution in [0.5, 0.6) is 11.5 Å². The lowest BCUT2D eigenvalue weighted by Gasteiger charge is -2.10. The maximum absolute atomic E-state index is 13.1. The van der Waals surface area contributed by atoms with Crippen molar-refractivity contribution in [2.45, 2.75) is 6.61 Å². The van der Waals surface area contributed by atoms with Crippen LogP contribution < -0.4 is 14.8 Å². The number of ether oxygens (including phenoxy) is 3. The van der Waals surface area contributed by atoms with E-state index in [0.29, 0.717) is 22.6 Å². The summed E-state index contributed by atoms with van der Waals surface area (Å²) in [5, 5.41) is 7.12. The number of nitrogens with one attached hydrogen (secondary N) is 1. The van der Waals surface area contributed by atoms with E-state index in [0.717, 1.165) is 11.3 Å². The number of carbonyl (C=O) groups excluding carboxylic acids is 2. The van der Waals surface area contributed by atoms with Crippen LogP contribution in [0.4, 0.5) is 0 Å². The molecule has 4 rings (SSSR count). The molecular weight excluding hydrogens is 446 g/mol. The zero-order chi connectivity index (χ0) is 24.6. The smallest absolute Gasteiger partial charge is 0.325 e. The van der Waals surface area contributed by atoms with Crippen molar-refractivity contribution >= 4 is 11.9 Å². The Labute approximate surface area is 203 Å². The molecular formula is C27H25N3O5. The number of amides is 1. The van der Waals surface area contributed by atoms with Crippen LogP contribution in [0.25, 0.3) is 16.8 Å². The van der Waals surface area contributed by atoms with Gasteiger partial charge < -0.3 is 19.5 Å². The lowest BCUT2D eigenvalue weighted by atomic mass is 10.1. The SMILES string of the molecule is COc1ccc(-c2cn(-c3ccccc3)nc2C(=O)NCC(=O)OCc2ccccc2)cc1OC. The molecule has 178 valence electrons. The summed E-state index contributed by atoms with van der Waals surface area (Å²) in [4.78, 5) is 25.3. The van der Waals surface area contributed by atoms with Gasteiger partial charge in [-0.15, -0.1) is 0 Å². The highest BCUT2D eigenvalue weighted by atomic mass is 16.5. The van der Waals surface area contributed by atoms with Crippen molar-refractivity contribution in [1.29, 1.82) is 0 Å². The minimum atomic E-state index is -0.544. The van der Waals surface area contributed by atoms with Gasteiger partial charge in [0.2, 0.25) is 0 Å². The number of rotatable bonds is 9. The average Bonchev–Trinajstić information content (AvgIpc) is 3.37. The zero-order valence-electron chi connectivity index (χ0n) is 19.4. The van der Waals surface area contributed by atoms with E-state index in [2.05, 4.69) is 10.4 Å². The van der Waals surface area contributed by atoms with Crippen LogP contribution in [0.3, 0.4) is 0 Å². The number of benzene rings is 3. The van der Waals surface area contributed by atoms with Gasteiger partial charge in [0.25, 0.3) is 5.91 Å². The topological polar surface area (TPSA) is 91.7 Å². The minimum Gasteiger partial charge on any atom is -0.493 e. The Bertz CT molecular complexity index is 1300. The first-order chi connectivity index (χ1) is 17.1. The van der Waals surface area contributed by atoms with Gasteiger partial charge in [0.05, 0.1) is 19.9 Å². The van der Waals surface area contributed by atoms with Gasteiger partial charge in [-0.25, -0.2) is 4.68 Å². The maximum Gasteiger partial charge on any atom is 0.325 e. The summed E-state index contributed by atoms with van der Waals surface area (Å²) < 4.78 is 17.6. The molecule has 0 unspecified atom stereocenters. The second-order valence-corrected chi connectivity index (χ2v) is 7.57. The number of methoxy groups -OCH3 is 2. The van der Waals surface area contributed by atoms with Crippen molar-refractivity contribution in [2.24, 2.45) is 0 Å². The third-order valence-electron chi connectivity index (χ3n) is 5.28. The van der Waals surface area contributed by atoms with Gasteiger partial charge in [-0.1, -0.05) is 54.6 Å². The summed E-state index contributed by atoms with van der Waals surface area (Å²) in [7, 11) is 3.10. The third-order valence-corrected chi connectivity index (χ3v) is 5.28. The molecule has 0 saturated carbocycles. The maximum atomic E-state index is 13.1. The fraction of sp³-hybridized carbons (Fsp3) is 0.148. The summed E-state index contributed by atoms with van der Waals surface area (Å²) in [6.45, 7) is -0.149. The molecule has 0 aliphatic rings. The van der Waals surface area contributed by atoms with E-state index in [-0.39, 0.29) is 18.8 Å². The number of aromatic nitrogens is 2. The normalized spacial score (nSPS) is 10.5. The van der Waals surface area contributed by atoms with Gasteiger partial charge in [0, 0.05) is 11.8 Å². The number of carbonyl (C=O) groups is 2. The number of para-hydroxylation sites is 1. The van der Waals surface area contributed by atoms with Crippen molar-refractivity contribution in [1.82, 2.24) is 15.1 Å². The highest BCUT2D eigenvalue weighted by Gasteiger charge is 2.21. The van der Waals surface area contributed by atoms with Gasteiger partial charge in [0.15, 0.2) is 17.2 Å². The first-order valence-corrected chi connectivity index (χ1v) is 10.9. The summed E-state index contributed by atoms with van der Waals surface area (Å²) >= 11 is 0. The number of hydrogen-bond acceptors (Lipinski definition) is 6. The van der Waals surface area contributed by atoms with Gasteiger partial charge in [0.1, 0.15) is 13.2 Å². The van der Waals surface area contributed by atoms with E-state index >= 15 is 0 Å². The molecule has 0 bridgehead atoms. The quantitative estimate of drug-likeness (QED) is 0.371. The molecule has 4 aromatic rings. The first kappa shape index (κ1) is 23.6. The second kappa shape index (κ2) is 11.0. The fourth-order valence-electron chi connectivity index (χ4n) is 3.49. The molecule has 0 saturated heterocycles. The van der Waals surface area contributed by atoms with Crippen LogP contribution in [-0.4, -0.2) is 42.4 Å². The Hall–Kier alpha value is -4.59. The lowest BCUT2D eigenvalue weighted by molar-refractivity contribution is -0.143. The van der Waals surface area contributed by atoms with Crippen molar-refractivity contribution in [3.8, 4) is 28.3 Å². The molecule has 8 nitrogen and oxygen atoms in total. The van der Waals surface area contributed by atoms with Crippen molar-refractivity contribution in [3.05, 3.63) is 96.3 Å². The highest BCUT2D eigenvalue weighted by Crippen LogP contribution is 2.34. The predicted molar refractivity (Wildman–Crippen MR) is 131 cm³/mol. The van der Waals surface area contributed by atoms with Crippen molar-refractivity contribution in [3.63, 3.8) is 0 Å². The van der Waals surface area contributed by atoms with Gasteiger partial charge >= 0.3 is 5.97 Å². The Morgan fingerprint density at radius 1 is 0.886 bits per heavy atom. The third kappa shape index (κ3) is 5.67. The van der Waals surface area contributed by atoms with Crippen LogP contribution in [0, 0.1) is 0 Å². The molecule has 0 spiro atoms. The molecule has 8 heteroatoms. The standard InChI is InChI=1S/C27H25N3O5/c1-33-23-14-13-20(15-24(23)34-2)22-17-30(21-11-7-4-8-12-21)29-26(22)27(32)28-16-25(31)35-18-19-9-5-3-6-10-19/h3-15,17H,16,18H2,1-2H3,(H,28,32). The molecule has 35 heavy (non-hydrogen) atoms. The second-order valence-electron chi connectivity index (χ2n) is 7.57. The van der Waals surface area contributed by atoms with E-state index < -0.39 is 11.9 Å². The van der Waals surface area contributed by atoms with Gasteiger partial charge in [-0.2, -0.15) is 5.10 Å². The summed E-state index contributed by atoms with van der Waals surface area (Å²) in [5.74, 6) is 0.0469. The van der Waals surface area contributed by atoms with Gasteiger partial charge in [-0.3, -0.25) is 9.59 Å². The van der Waals surface area contributed by atoms with Crippen LogP contribution in [0.2, 0.25) is 0 Å². The van der Waals surface area contributed by atoms with Crippen LogP contribution in [0.1, 0.15) is 16.1 Å². The molecule has 1 amide bonds. The molecule has 3 aromatic carbocycles. The summed E-state index contributed by atoms with van der Waals surface area (Å²) in [5.41, 5.74) is 3.10. The summed E-state index contributed by atoms with van der Waals surface area (Å²) in [6, 6.07) is 24.1. The Balaban J connectivity index is 1.56. The van der Waals surface area contributed by atoms with Gasteiger partial charge in [-0.05, 0) is 35.4 Å². The highest BCUT2D eigenvalue weighted by molar-refractivity contribution is 6.00. The van der Waals surface area contributed by atoms with Crippen LogP contribution in [-0.2, 0) is 16.1 Å². The minimum absolute atomic E-state index is 0.134. The van der Waals surface area contributed by atoms with Crippen molar-refractivity contribution in [2.75, 3.05) is 20.8 Å². The monoisotopic (exact) mass is 471 g/mol. The molecule has 0 fully saturated rings. The zero-order valence-corrected chi connectivity index (χ0v) is 19.4. The fourth-order valence-corrected chi connectivity index (χ4v) is 3.49. The van der Waals surface area contributed by atoms with E-state index in [4.69, 9.17) is 14.2 Å². The lowest BCUT2D eigenvalue weighted by Crippen LogP contribution is -2.31. The molecule has 1 aromatic heterocycles. The van der Waals surface area contributed by atoms with E-state index in [1.807, 2.05) is 66.7 Å². The number of nitrogens with zero attached hydrogens (tertiary/aromatic N) is 2. The predicted octanol–water partition coefficient (Wildman–Crippen LogP) is 4.03. The molecule has 0 radical (unpaired) electrons. The number of esters is 1. The Morgan fingerprint density at radius 3 is 2.26 bits per heavy atom. The van der Waals surface area contributed by atoms with E-state index in [1.165, 1.54) is 0 Å². The van der Waals surface area contributed by atoms with Crippen LogP contribution >= 0.6 is 0 Å². The largest absolute Gasteiger partial charge is 0.493 e. The Morgan fingerprint density at radius 2 is 1.57 bits per heavy atom. The average molecular weight is 472 g/mol. The molecule has 1 N–H and O–H groups in total. The first-order valence-electron chi connectivity index (χ1n) is 10.9. The molecule has 0 aliphatic heterocycles. The van der Waals surface area contributed by atoms with Crippen molar-refractivity contribution < 1.29 is 23.8 Å². The van der Waals surface area contributed by atoms with E-state index in [9.17, 15) is 9.59 Å². The molecule has 1 heterocycles. The van der Waals surface area contributed by atoms with E-state index in [1.54, 1.807) is 37.2 Å². The molecule has 0 atom stereocenters. The number of hydrogen-bond donors (Lipinski definition) is 1. The van der Waals surface area contributed by atoms with Crippen LogP contribution in [0.15, 0.2) is 85.1 Å². The Kier molecular flexibility index (Phi) is 7.42. The summed E-state index contributed by atoms with van der Waals surface area (Å²) in [6.07, 6.45) is 1.76.